The summed E-state index contributed by atoms with van der Waals surface area (Å²) in [6.45, 7) is 4.18. The molecular formula is C20H17Cl2N3O2S. The summed E-state index contributed by atoms with van der Waals surface area (Å²) < 4.78 is 6.78. The van der Waals surface area contributed by atoms with Crippen molar-refractivity contribution in [2.75, 3.05) is 13.7 Å². The lowest BCUT2D eigenvalue weighted by Crippen LogP contribution is -2.12. The number of halogens is 2. The number of thiazole rings is 1. The maximum atomic E-state index is 9.96. The predicted octanol–water partition coefficient (Wildman–Crippen LogP) is 5.21. The van der Waals surface area contributed by atoms with Crippen molar-refractivity contribution < 1.29 is 9.84 Å². The molecule has 28 heavy (non-hydrogen) atoms. The Labute approximate surface area is 176 Å². The first-order valence-electron chi connectivity index (χ1n) is 8.22. The van der Waals surface area contributed by atoms with Gasteiger partial charge >= 0.3 is 0 Å². The molecule has 1 heterocycles. The van der Waals surface area contributed by atoms with Gasteiger partial charge in [-0.15, -0.1) is 17.9 Å². The average molecular weight is 434 g/mol. The Kier molecular flexibility index (Phi) is 6.57. The number of aromatic hydroxyl groups is 1. The highest BCUT2D eigenvalue weighted by atomic mass is 35.5. The molecule has 1 aromatic heterocycles. The molecule has 0 saturated carbocycles. The molecule has 1 N–H and O–H groups in total. The Morgan fingerprint density at radius 1 is 1.21 bits per heavy atom. The highest BCUT2D eigenvalue weighted by Gasteiger charge is 2.09. The minimum absolute atomic E-state index is 0.0445. The summed E-state index contributed by atoms with van der Waals surface area (Å²) in [5.74, 6) is 0.446. The van der Waals surface area contributed by atoms with E-state index in [1.54, 1.807) is 47.3 Å². The minimum Gasteiger partial charge on any atom is -0.504 e. The highest BCUT2D eigenvalue weighted by Crippen LogP contribution is 2.29. The number of hydrogen-bond donors (Lipinski definition) is 1. The quantitative estimate of drug-likeness (QED) is 0.428. The third-order valence-electron chi connectivity index (χ3n) is 3.78. The van der Waals surface area contributed by atoms with E-state index in [0.29, 0.717) is 32.7 Å². The van der Waals surface area contributed by atoms with Crippen LogP contribution in [0.4, 0.5) is 0 Å². The molecular weight excluding hydrogens is 417 g/mol. The number of phenols is 1. The molecule has 0 bridgehead atoms. The van der Waals surface area contributed by atoms with Gasteiger partial charge < -0.3 is 9.84 Å². The molecule has 144 valence electrons. The van der Waals surface area contributed by atoms with Crippen molar-refractivity contribution >= 4 is 40.8 Å². The molecule has 0 amide bonds. The van der Waals surface area contributed by atoms with Gasteiger partial charge in [0.2, 0.25) is 4.80 Å². The molecule has 0 aliphatic carbocycles. The SMILES string of the molecule is C=CCN=c1scc(-c2ccc(Cl)c(Cl)c2)n1N=Cc1ccc(OC)c(O)c1. The number of nitrogens with zero attached hydrogens (tertiary/aromatic N) is 3. The summed E-state index contributed by atoms with van der Waals surface area (Å²) in [6, 6.07) is 10.5. The van der Waals surface area contributed by atoms with Crippen molar-refractivity contribution in [2.45, 2.75) is 0 Å². The van der Waals surface area contributed by atoms with Gasteiger partial charge in [-0.05, 0) is 35.9 Å². The Morgan fingerprint density at radius 2 is 2.04 bits per heavy atom. The van der Waals surface area contributed by atoms with E-state index >= 15 is 0 Å². The first kappa shape index (κ1) is 20.2. The van der Waals surface area contributed by atoms with Crippen LogP contribution in [-0.4, -0.2) is 29.7 Å². The Balaban J connectivity index is 2.07. The Hall–Kier alpha value is -2.54. The second kappa shape index (κ2) is 9.10. The van der Waals surface area contributed by atoms with E-state index in [0.717, 1.165) is 11.3 Å². The number of benzene rings is 2. The van der Waals surface area contributed by atoms with E-state index in [-0.39, 0.29) is 5.75 Å². The molecule has 0 radical (unpaired) electrons. The predicted molar refractivity (Wildman–Crippen MR) is 116 cm³/mol. The maximum absolute atomic E-state index is 9.96. The molecule has 0 unspecified atom stereocenters. The molecule has 2 aromatic carbocycles. The highest BCUT2D eigenvalue weighted by molar-refractivity contribution is 7.07. The number of phenolic OH excluding ortho intramolecular Hbond substituents is 1. The van der Waals surface area contributed by atoms with Gasteiger partial charge in [0.15, 0.2) is 11.5 Å². The second-order valence-corrected chi connectivity index (χ2v) is 7.30. The zero-order valence-electron chi connectivity index (χ0n) is 15.0. The second-order valence-electron chi connectivity index (χ2n) is 5.65. The summed E-state index contributed by atoms with van der Waals surface area (Å²) in [5, 5.41) is 17.4. The van der Waals surface area contributed by atoms with E-state index in [4.69, 9.17) is 27.9 Å². The molecule has 0 aliphatic rings. The van der Waals surface area contributed by atoms with Crippen LogP contribution in [-0.2, 0) is 0 Å². The van der Waals surface area contributed by atoms with Gasteiger partial charge in [0, 0.05) is 10.9 Å². The van der Waals surface area contributed by atoms with Gasteiger partial charge in [-0.25, -0.2) is 4.68 Å². The fourth-order valence-corrected chi connectivity index (χ4v) is 3.57. The van der Waals surface area contributed by atoms with Crippen LogP contribution in [0, 0.1) is 0 Å². The number of aromatic nitrogens is 1. The lowest BCUT2D eigenvalue weighted by Gasteiger charge is -2.06. The van der Waals surface area contributed by atoms with Crippen molar-refractivity contribution in [3.63, 3.8) is 0 Å². The van der Waals surface area contributed by atoms with Crippen LogP contribution in [0.3, 0.4) is 0 Å². The first-order chi connectivity index (χ1) is 13.5. The summed E-state index contributed by atoms with van der Waals surface area (Å²) >= 11 is 13.7. The van der Waals surface area contributed by atoms with Crippen molar-refractivity contribution in [1.82, 2.24) is 4.68 Å². The summed E-state index contributed by atoms with van der Waals surface area (Å²) in [7, 11) is 1.50. The third-order valence-corrected chi connectivity index (χ3v) is 5.37. The number of methoxy groups -OCH3 is 1. The molecule has 5 nitrogen and oxygen atoms in total. The fourth-order valence-electron chi connectivity index (χ4n) is 2.43. The lowest BCUT2D eigenvalue weighted by molar-refractivity contribution is 0.373. The lowest BCUT2D eigenvalue weighted by atomic mass is 10.2. The largest absolute Gasteiger partial charge is 0.504 e. The summed E-state index contributed by atoms with van der Waals surface area (Å²) in [6.07, 6.45) is 3.36. The Morgan fingerprint density at radius 3 is 2.71 bits per heavy atom. The van der Waals surface area contributed by atoms with E-state index in [1.807, 2.05) is 11.4 Å². The van der Waals surface area contributed by atoms with Gasteiger partial charge in [0.25, 0.3) is 0 Å². The fraction of sp³-hybridized carbons (Fsp3) is 0.100. The van der Waals surface area contributed by atoms with E-state index in [1.165, 1.54) is 18.4 Å². The van der Waals surface area contributed by atoms with Crippen LogP contribution in [0.5, 0.6) is 11.5 Å². The van der Waals surface area contributed by atoms with E-state index in [2.05, 4.69) is 16.7 Å². The van der Waals surface area contributed by atoms with Gasteiger partial charge in [-0.3, -0.25) is 4.99 Å². The zero-order valence-corrected chi connectivity index (χ0v) is 17.3. The monoisotopic (exact) mass is 433 g/mol. The number of rotatable bonds is 6. The van der Waals surface area contributed by atoms with Crippen molar-refractivity contribution in [2.24, 2.45) is 10.1 Å². The molecule has 8 heteroatoms. The van der Waals surface area contributed by atoms with Gasteiger partial charge in [0.05, 0.1) is 35.6 Å². The van der Waals surface area contributed by atoms with Crippen LogP contribution in [0.25, 0.3) is 11.3 Å². The molecule has 3 rings (SSSR count). The van der Waals surface area contributed by atoms with Gasteiger partial charge in [-0.1, -0.05) is 35.3 Å². The van der Waals surface area contributed by atoms with Gasteiger partial charge in [0.1, 0.15) is 0 Å². The first-order valence-corrected chi connectivity index (χ1v) is 9.85. The molecule has 0 aliphatic heterocycles. The molecule has 0 atom stereocenters. The summed E-state index contributed by atoms with van der Waals surface area (Å²) in [5.41, 5.74) is 2.40. The number of ether oxygens (including phenoxy) is 1. The smallest absolute Gasteiger partial charge is 0.206 e. The molecule has 3 aromatic rings. The van der Waals surface area contributed by atoms with Crippen LogP contribution >= 0.6 is 34.5 Å². The normalized spacial score (nSPS) is 11.9. The zero-order chi connectivity index (χ0) is 20.1. The topological polar surface area (TPSA) is 59.1 Å². The minimum atomic E-state index is 0.0445. The van der Waals surface area contributed by atoms with Crippen LogP contribution in [0.15, 0.2) is 64.5 Å². The molecule has 0 spiro atoms. The third kappa shape index (κ3) is 4.47. The van der Waals surface area contributed by atoms with Crippen LogP contribution in [0.1, 0.15) is 5.56 Å². The molecule has 0 fully saturated rings. The summed E-state index contributed by atoms with van der Waals surface area (Å²) in [4.78, 5) is 5.19. The van der Waals surface area contributed by atoms with Gasteiger partial charge in [-0.2, -0.15) is 5.10 Å². The molecule has 0 saturated heterocycles. The van der Waals surface area contributed by atoms with E-state index < -0.39 is 0 Å². The average Bonchev–Trinajstić information content (AvgIpc) is 3.09. The van der Waals surface area contributed by atoms with E-state index in [9.17, 15) is 5.11 Å². The van der Waals surface area contributed by atoms with Crippen molar-refractivity contribution in [3.8, 4) is 22.8 Å². The standard InChI is InChI=1S/C20H17Cl2N3O2S/c1-3-8-23-20-25(24-11-13-4-7-19(27-2)18(26)9-13)17(12-28-20)14-5-6-15(21)16(22)10-14/h3-7,9-12,26H,1,8H2,2H3. The van der Waals surface area contributed by atoms with Crippen LogP contribution in [0.2, 0.25) is 10.0 Å². The Bertz CT molecular complexity index is 1100. The van der Waals surface area contributed by atoms with Crippen LogP contribution < -0.4 is 9.54 Å². The maximum Gasteiger partial charge on any atom is 0.206 e. The number of hydrogen-bond acceptors (Lipinski definition) is 5. The van der Waals surface area contributed by atoms with Crippen molar-refractivity contribution in [1.29, 1.82) is 0 Å². The van der Waals surface area contributed by atoms with Crippen molar-refractivity contribution in [3.05, 3.63) is 74.8 Å².